The lowest BCUT2D eigenvalue weighted by atomic mass is 10.1. The Morgan fingerprint density at radius 3 is 2.59 bits per heavy atom. The topological polar surface area (TPSA) is 21.3 Å². The number of benzene rings is 1. The Bertz CT molecular complexity index is 381. The van der Waals surface area contributed by atoms with Gasteiger partial charge in [-0.05, 0) is 32.2 Å². The van der Waals surface area contributed by atoms with E-state index >= 15 is 0 Å². The van der Waals surface area contributed by atoms with Crippen LogP contribution >= 0.6 is 11.6 Å². The van der Waals surface area contributed by atoms with Gasteiger partial charge in [-0.15, -0.1) is 0 Å². The van der Waals surface area contributed by atoms with Crippen molar-refractivity contribution < 1.29 is 17.9 Å². The molecule has 0 fully saturated rings. The maximum atomic E-state index is 12.1. The van der Waals surface area contributed by atoms with Crippen molar-refractivity contribution in [2.75, 3.05) is 13.7 Å². The minimum atomic E-state index is -4.35. The molecule has 0 heterocycles. The summed E-state index contributed by atoms with van der Waals surface area (Å²) in [6.07, 6.45) is -4.35. The SMILES string of the molecule is CNC(C)c1cc(Cl)ccc1OCC(F)(F)F. The van der Waals surface area contributed by atoms with Crippen molar-refractivity contribution in [1.82, 2.24) is 5.32 Å². The van der Waals surface area contributed by atoms with Gasteiger partial charge in [0.05, 0.1) is 0 Å². The van der Waals surface area contributed by atoms with E-state index in [1.54, 1.807) is 13.1 Å². The number of hydrogen-bond donors (Lipinski definition) is 1. The summed E-state index contributed by atoms with van der Waals surface area (Å²) < 4.78 is 41.0. The molecule has 1 aromatic rings. The number of rotatable bonds is 4. The molecule has 2 nitrogen and oxygen atoms in total. The van der Waals surface area contributed by atoms with Gasteiger partial charge >= 0.3 is 6.18 Å². The molecular weight excluding hydrogens is 255 g/mol. The molecule has 0 spiro atoms. The summed E-state index contributed by atoms with van der Waals surface area (Å²) >= 11 is 5.80. The Balaban J connectivity index is 2.90. The molecule has 17 heavy (non-hydrogen) atoms. The van der Waals surface area contributed by atoms with Crippen LogP contribution in [0.1, 0.15) is 18.5 Å². The van der Waals surface area contributed by atoms with Gasteiger partial charge in [0.1, 0.15) is 5.75 Å². The summed E-state index contributed by atoms with van der Waals surface area (Å²) in [4.78, 5) is 0. The molecule has 0 saturated carbocycles. The monoisotopic (exact) mass is 267 g/mol. The highest BCUT2D eigenvalue weighted by Crippen LogP contribution is 2.29. The smallest absolute Gasteiger partial charge is 0.422 e. The largest absolute Gasteiger partial charge is 0.484 e. The van der Waals surface area contributed by atoms with Crippen LogP contribution in [0.4, 0.5) is 13.2 Å². The standard InChI is InChI=1S/C11H13ClF3NO/c1-7(16-2)9-5-8(12)3-4-10(9)17-6-11(13,14)15/h3-5,7,16H,6H2,1-2H3. The molecule has 0 amide bonds. The zero-order valence-corrected chi connectivity index (χ0v) is 10.2. The minimum absolute atomic E-state index is 0.142. The Labute approximate surface area is 103 Å². The molecule has 96 valence electrons. The van der Waals surface area contributed by atoms with Gasteiger partial charge in [0.15, 0.2) is 6.61 Å². The molecule has 1 unspecified atom stereocenters. The third kappa shape index (κ3) is 4.44. The van der Waals surface area contributed by atoms with Gasteiger partial charge in [0, 0.05) is 16.6 Å². The Morgan fingerprint density at radius 2 is 2.06 bits per heavy atom. The first-order valence-electron chi connectivity index (χ1n) is 5.00. The van der Waals surface area contributed by atoms with E-state index in [0.717, 1.165) is 0 Å². The van der Waals surface area contributed by atoms with E-state index in [0.29, 0.717) is 10.6 Å². The summed E-state index contributed by atoms with van der Waals surface area (Å²) in [6.45, 7) is 0.504. The van der Waals surface area contributed by atoms with E-state index < -0.39 is 12.8 Å². The van der Waals surface area contributed by atoms with Gasteiger partial charge in [0.2, 0.25) is 0 Å². The molecule has 1 rings (SSSR count). The number of hydrogen-bond acceptors (Lipinski definition) is 2. The van der Waals surface area contributed by atoms with Crippen LogP contribution in [0, 0.1) is 0 Å². The van der Waals surface area contributed by atoms with Gasteiger partial charge < -0.3 is 10.1 Å². The summed E-state index contributed by atoms with van der Waals surface area (Å²) in [5.41, 5.74) is 0.601. The highest BCUT2D eigenvalue weighted by Gasteiger charge is 2.29. The second-order valence-electron chi connectivity index (χ2n) is 3.60. The first-order valence-corrected chi connectivity index (χ1v) is 5.37. The Kier molecular flexibility index (Phi) is 4.65. The van der Waals surface area contributed by atoms with Gasteiger partial charge in [-0.25, -0.2) is 0 Å². The third-order valence-electron chi connectivity index (χ3n) is 2.26. The molecule has 0 radical (unpaired) electrons. The van der Waals surface area contributed by atoms with Crippen LogP contribution in [-0.4, -0.2) is 19.8 Å². The lowest BCUT2D eigenvalue weighted by Crippen LogP contribution is -2.21. The molecule has 0 aliphatic rings. The van der Waals surface area contributed by atoms with Crippen molar-refractivity contribution in [3.8, 4) is 5.75 Å². The van der Waals surface area contributed by atoms with E-state index in [4.69, 9.17) is 16.3 Å². The zero-order valence-electron chi connectivity index (χ0n) is 9.44. The fourth-order valence-electron chi connectivity index (χ4n) is 1.30. The Hall–Kier alpha value is -0.940. The molecule has 0 aromatic heterocycles. The van der Waals surface area contributed by atoms with Crippen LogP contribution < -0.4 is 10.1 Å². The quantitative estimate of drug-likeness (QED) is 0.901. The summed E-state index contributed by atoms with van der Waals surface area (Å²) in [7, 11) is 1.71. The molecule has 0 aliphatic carbocycles. The lowest BCUT2D eigenvalue weighted by molar-refractivity contribution is -0.153. The fourth-order valence-corrected chi connectivity index (χ4v) is 1.48. The van der Waals surface area contributed by atoms with Crippen LogP contribution in [0.2, 0.25) is 5.02 Å². The molecule has 0 bridgehead atoms. The number of alkyl halides is 3. The van der Waals surface area contributed by atoms with Crippen molar-refractivity contribution in [2.24, 2.45) is 0 Å². The van der Waals surface area contributed by atoms with Gasteiger partial charge in [-0.3, -0.25) is 0 Å². The second-order valence-corrected chi connectivity index (χ2v) is 4.03. The van der Waals surface area contributed by atoms with Crippen LogP contribution in [0.25, 0.3) is 0 Å². The van der Waals surface area contributed by atoms with E-state index in [1.807, 2.05) is 6.92 Å². The van der Waals surface area contributed by atoms with E-state index in [-0.39, 0.29) is 11.8 Å². The summed E-state index contributed by atoms with van der Waals surface area (Å²) in [6, 6.07) is 4.39. The minimum Gasteiger partial charge on any atom is -0.484 e. The zero-order chi connectivity index (χ0) is 13.1. The van der Waals surface area contributed by atoms with Crippen LogP contribution in [0.15, 0.2) is 18.2 Å². The van der Waals surface area contributed by atoms with Crippen LogP contribution in [-0.2, 0) is 0 Å². The molecule has 0 saturated heterocycles. The maximum Gasteiger partial charge on any atom is 0.422 e. The summed E-state index contributed by atoms with van der Waals surface area (Å²) in [5.74, 6) is 0.188. The Morgan fingerprint density at radius 1 is 1.41 bits per heavy atom. The molecule has 1 atom stereocenters. The van der Waals surface area contributed by atoms with Crippen molar-refractivity contribution in [3.63, 3.8) is 0 Å². The van der Waals surface area contributed by atoms with E-state index in [9.17, 15) is 13.2 Å². The van der Waals surface area contributed by atoms with Crippen LogP contribution in [0.3, 0.4) is 0 Å². The lowest BCUT2D eigenvalue weighted by Gasteiger charge is -2.17. The first kappa shape index (κ1) is 14.1. The fraction of sp³-hybridized carbons (Fsp3) is 0.455. The molecule has 6 heteroatoms. The van der Waals surface area contributed by atoms with Crippen molar-refractivity contribution in [3.05, 3.63) is 28.8 Å². The normalized spacial score (nSPS) is 13.5. The van der Waals surface area contributed by atoms with Crippen LogP contribution in [0.5, 0.6) is 5.75 Å². The van der Waals surface area contributed by atoms with Crippen molar-refractivity contribution >= 4 is 11.6 Å². The highest BCUT2D eigenvalue weighted by atomic mass is 35.5. The van der Waals surface area contributed by atoms with Gasteiger partial charge in [-0.1, -0.05) is 11.6 Å². The predicted molar refractivity (Wildman–Crippen MR) is 60.5 cm³/mol. The molecule has 1 N–H and O–H groups in total. The number of nitrogens with one attached hydrogen (secondary N) is 1. The molecule has 1 aromatic carbocycles. The summed E-state index contributed by atoms with van der Waals surface area (Å²) in [5, 5.41) is 3.39. The second kappa shape index (κ2) is 5.60. The maximum absolute atomic E-state index is 12.1. The highest BCUT2D eigenvalue weighted by molar-refractivity contribution is 6.30. The van der Waals surface area contributed by atoms with Gasteiger partial charge in [0.25, 0.3) is 0 Å². The number of ether oxygens (including phenoxy) is 1. The molecule has 0 aliphatic heterocycles. The number of halogens is 4. The van der Waals surface area contributed by atoms with Crippen molar-refractivity contribution in [2.45, 2.75) is 19.1 Å². The molecular formula is C11H13ClF3NO. The predicted octanol–water partition coefficient (Wildman–Crippen LogP) is 3.56. The van der Waals surface area contributed by atoms with E-state index in [2.05, 4.69) is 5.32 Å². The van der Waals surface area contributed by atoms with Gasteiger partial charge in [-0.2, -0.15) is 13.2 Å². The third-order valence-corrected chi connectivity index (χ3v) is 2.50. The average molecular weight is 268 g/mol. The average Bonchev–Trinajstić information content (AvgIpc) is 2.25. The first-order chi connectivity index (χ1) is 7.83. The van der Waals surface area contributed by atoms with Crippen molar-refractivity contribution in [1.29, 1.82) is 0 Å². The van der Waals surface area contributed by atoms with E-state index in [1.165, 1.54) is 12.1 Å².